The lowest BCUT2D eigenvalue weighted by molar-refractivity contribution is -0.130. The number of rotatable bonds is 5. The van der Waals surface area contributed by atoms with Crippen molar-refractivity contribution in [3.05, 3.63) is 30.1 Å². The van der Waals surface area contributed by atoms with Gasteiger partial charge in [-0.1, -0.05) is 6.07 Å². The molecule has 1 aromatic heterocycles. The van der Waals surface area contributed by atoms with E-state index in [0.29, 0.717) is 19.7 Å². The molecule has 0 N–H and O–H groups in total. The first-order valence-electron chi connectivity index (χ1n) is 8.12. The lowest BCUT2D eigenvalue weighted by Gasteiger charge is -2.36. The summed E-state index contributed by atoms with van der Waals surface area (Å²) in [6.07, 6.45) is 4.80. The van der Waals surface area contributed by atoms with Gasteiger partial charge >= 0.3 is 0 Å². The molecule has 3 heterocycles. The number of ether oxygens (including phenoxy) is 1. The molecule has 24 heavy (non-hydrogen) atoms. The highest BCUT2D eigenvalue weighted by Gasteiger charge is 2.41. The summed E-state index contributed by atoms with van der Waals surface area (Å²) in [5, 5.41) is 0. The van der Waals surface area contributed by atoms with Gasteiger partial charge in [0.2, 0.25) is 5.91 Å². The number of carbonyl (C=O) groups excluding carboxylic acids is 1. The number of likely N-dealkylation sites (tertiary alicyclic amines) is 1. The number of hydrogen-bond donors (Lipinski definition) is 0. The van der Waals surface area contributed by atoms with Crippen molar-refractivity contribution >= 4 is 15.7 Å². The number of aromatic nitrogens is 1. The van der Waals surface area contributed by atoms with Crippen LogP contribution in [0, 0.1) is 0 Å². The average molecular weight is 353 g/mol. The summed E-state index contributed by atoms with van der Waals surface area (Å²) < 4.78 is 28.3. The summed E-state index contributed by atoms with van der Waals surface area (Å²) in [6.45, 7) is 3.38. The smallest absolute Gasteiger partial charge is 0.223 e. The third-order valence-corrected chi connectivity index (χ3v) is 5.51. The zero-order valence-electron chi connectivity index (χ0n) is 13.8. The van der Waals surface area contributed by atoms with Crippen LogP contribution in [0.4, 0.5) is 0 Å². The van der Waals surface area contributed by atoms with Crippen LogP contribution in [0.3, 0.4) is 0 Å². The molecule has 0 bridgehead atoms. The normalized spacial score (nSPS) is 24.8. The van der Waals surface area contributed by atoms with E-state index in [1.54, 1.807) is 11.1 Å². The number of hydrogen-bond acceptors (Lipinski definition) is 6. The third-order valence-electron chi connectivity index (χ3n) is 4.56. The van der Waals surface area contributed by atoms with Crippen molar-refractivity contribution in [2.24, 2.45) is 0 Å². The fourth-order valence-corrected chi connectivity index (χ4v) is 3.86. The molecule has 132 valence electrons. The first-order chi connectivity index (χ1) is 11.4. The van der Waals surface area contributed by atoms with Crippen molar-refractivity contribution in [3.8, 4) is 0 Å². The predicted molar refractivity (Wildman–Crippen MR) is 89.1 cm³/mol. The Labute approximate surface area is 142 Å². The van der Waals surface area contributed by atoms with Gasteiger partial charge in [0, 0.05) is 51.2 Å². The molecule has 0 saturated carbocycles. The van der Waals surface area contributed by atoms with Crippen LogP contribution in [0.15, 0.2) is 24.5 Å². The van der Waals surface area contributed by atoms with Crippen LogP contribution in [-0.2, 0) is 25.9 Å². The highest BCUT2D eigenvalue weighted by molar-refractivity contribution is 7.90. The standard InChI is InChI=1S/C16H23N3O4S/c1-24(21,22)8-4-16(20)19-11-14-15(12-19)23-7-6-18(14)10-13-3-2-5-17-9-13/h2-3,5,9,14-15H,4,6-8,10-12H2,1H3/t14-,15+/m1/s1. The van der Waals surface area contributed by atoms with Crippen molar-refractivity contribution in [1.82, 2.24) is 14.8 Å². The first kappa shape index (κ1) is 17.3. The summed E-state index contributed by atoms with van der Waals surface area (Å²) in [7, 11) is -3.12. The topological polar surface area (TPSA) is 79.8 Å². The molecule has 2 saturated heterocycles. The molecule has 0 unspecified atom stereocenters. The van der Waals surface area contributed by atoms with Crippen molar-refractivity contribution in [2.45, 2.75) is 25.1 Å². The van der Waals surface area contributed by atoms with Crippen LogP contribution in [0.2, 0.25) is 0 Å². The van der Waals surface area contributed by atoms with Gasteiger partial charge in [0.25, 0.3) is 0 Å². The average Bonchev–Trinajstić information content (AvgIpc) is 2.98. The van der Waals surface area contributed by atoms with Gasteiger partial charge in [-0.05, 0) is 11.6 Å². The number of pyridine rings is 1. The molecule has 0 aliphatic carbocycles. The molecule has 3 rings (SSSR count). The Hall–Kier alpha value is -1.51. The summed E-state index contributed by atoms with van der Waals surface area (Å²) in [6, 6.07) is 4.12. The van der Waals surface area contributed by atoms with E-state index in [4.69, 9.17) is 4.74 Å². The summed E-state index contributed by atoms with van der Waals surface area (Å²) >= 11 is 0. The number of amides is 1. The molecule has 2 fully saturated rings. The van der Waals surface area contributed by atoms with E-state index >= 15 is 0 Å². The highest BCUT2D eigenvalue weighted by Crippen LogP contribution is 2.25. The number of nitrogens with zero attached hydrogens (tertiary/aromatic N) is 3. The Kier molecular flexibility index (Phi) is 5.17. The SMILES string of the molecule is CS(=O)(=O)CCC(=O)N1C[C@@H]2OCCN(Cc3cccnc3)[C@@H]2C1. The zero-order valence-corrected chi connectivity index (χ0v) is 14.6. The minimum Gasteiger partial charge on any atom is -0.373 e. The molecule has 8 heteroatoms. The van der Waals surface area contributed by atoms with E-state index in [0.717, 1.165) is 24.9 Å². The van der Waals surface area contributed by atoms with Gasteiger partial charge < -0.3 is 9.64 Å². The number of morpholine rings is 1. The summed E-state index contributed by atoms with van der Waals surface area (Å²) in [4.78, 5) is 20.5. The van der Waals surface area contributed by atoms with E-state index in [-0.39, 0.29) is 30.2 Å². The van der Waals surface area contributed by atoms with E-state index < -0.39 is 9.84 Å². The molecule has 0 radical (unpaired) electrons. The summed E-state index contributed by atoms with van der Waals surface area (Å²) in [5.74, 6) is -0.211. The summed E-state index contributed by atoms with van der Waals surface area (Å²) in [5.41, 5.74) is 1.14. The second-order valence-electron chi connectivity index (χ2n) is 6.49. The Bertz CT molecular complexity index is 680. The number of carbonyl (C=O) groups is 1. The van der Waals surface area contributed by atoms with Gasteiger partial charge in [-0.2, -0.15) is 0 Å². The predicted octanol–water partition coefficient (Wildman–Crippen LogP) is -0.0721. The monoisotopic (exact) mass is 353 g/mol. The first-order valence-corrected chi connectivity index (χ1v) is 10.2. The van der Waals surface area contributed by atoms with Crippen LogP contribution in [0.25, 0.3) is 0 Å². The molecular formula is C16H23N3O4S. The van der Waals surface area contributed by atoms with Crippen molar-refractivity contribution in [1.29, 1.82) is 0 Å². The lowest BCUT2D eigenvalue weighted by atomic mass is 10.1. The minimum absolute atomic E-state index is 0.00222. The van der Waals surface area contributed by atoms with Crippen molar-refractivity contribution in [2.75, 3.05) is 38.2 Å². The second kappa shape index (κ2) is 7.16. The van der Waals surface area contributed by atoms with Gasteiger partial charge in [-0.3, -0.25) is 14.7 Å². The molecule has 1 amide bonds. The van der Waals surface area contributed by atoms with Gasteiger partial charge in [0.1, 0.15) is 9.84 Å². The quantitative estimate of drug-likeness (QED) is 0.737. The fourth-order valence-electron chi connectivity index (χ4n) is 3.32. The number of fused-ring (bicyclic) bond motifs is 1. The van der Waals surface area contributed by atoms with Gasteiger partial charge in [0.15, 0.2) is 0 Å². The van der Waals surface area contributed by atoms with Crippen molar-refractivity contribution in [3.63, 3.8) is 0 Å². The molecule has 2 aliphatic heterocycles. The molecule has 0 aromatic carbocycles. The maximum atomic E-state index is 12.3. The Morgan fingerprint density at radius 2 is 2.25 bits per heavy atom. The Morgan fingerprint density at radius 1 is 1.42 bits per heavy atom. The fraction of sp³-hybridized carbons (Fsp3) is 0.625. The number of sulfone groups is 1. The molecule has 2 aliphatic rings. The van der Waals surface area contributed by atoms with Crippen LogP contribution >= 0.6 is 0 Å². The second-order valence-corrected chi connectivity index (χ2v) is 8.75. The molecule has 1 aromatic rings. The largest absolute Gasteiger partial charge is 0.373 e. The van der Waals surface area contributed by atoms with Crippen LogP contribution in [-0.4, -0.2) is 79.5 Å². The van der Waals surface area contributed by atoms with E-state index in [1.165, 1.54) is 0 Å². The zero-order chi connectivity index (χ0) is 17.2. The third kappa shape index (κ3) is 4.31. The van der Waals surface area contributed by atoms with Gasteiger partial charge in [-0.15, -0.1) is 0 Å². The van der Waals surface area contributed by atoms with E-state index in [9.17, 15) is 13.2 Å². The van der Waals surface area contributed by atoms with E-state index in [2.05, 4.69) is 9.88 Å². The molecule has 7 nitrogen and oxygen atoms in total. The van der Waals surface area contributed by atoms with Crippen LogP contribution < -0.4 is 0 Å². The van der Waals surface area contributed by atoms with Gasteiger partial charge in [0.05, 0.1) is 24.5 Å². The molecular weight excluding hydrogens is 330 g/mol. The molecule has 2 atom stereocenters. The van der Waals surface area contributed by atoms with Crippen molar-refractivity contribution < 1.29 is 17.9 Å². The lowest BCUT2D eigenvalue weighted by Crippen LogP contribution is -2.50. The minimum atomic E-state index is -3.12. The van der Waals surface area contributed by atoms with Crippen LogP contribution in [0.1, 0.15) is 12.0 Å². The van der Waals surface area contributed by atoms with Gasteiger partial charge in [-0.25, -0.2) is 8.42 Å². The van der Waals surface area contributed by atoms with E-state index in [1.807, 2.05) is 18.3 Å². The van der Waals surface area contributed by atoms with Crippen LogP contribution in [0.5, 0.6) is 0 Å². The maximum absolute atomic E-state index is 12.3. The Morgan fingerprint density at radius 3 is 2.96 bits per heavy atom. The highest BCUT2D eigenvalue weighted by atomic mass is 32.2. The Balaban J connectivity index is 1.61. The molecule has 0 spiro atoms. The maximum Gasteiger partial charge on any atom is 0.223 e.